The highest BCUT2D eigenvalue weighted by Crippen LogP contribution is 2.68. The van der Waals surface area contributed by atoms with E-state index in [4.69, 9.17) is 18.7 Å². The number of aromatic nitrogens is 2. The first-order chi connectivity index (χ1) is 25.2. The van der Waals surface area contributed by atoms with Crippen LogP contribution in [0, 0.1) is 0 Å². The Morgan fingerprint density at radius 1 is 0.792 bits per heavy atom. The number of carbonyl (C=O) groups is 2. The highest BCUT2D eigenvalue weighted by atomic mass is 31.3. The molecular weight excluding hydrogens is 763 g/mol. The van der Waals surface area contributed by atoms with Crippen molar-refractivity contribution in [3.8, 4) is 0 Å². The predicted octanol–water partition coefficient (Wildman–Crippen LogP) is 5.07. The van der Waals surface area contributed by atoms with Gasteiger partial charge in [0.05, 0.1) is 18.8 Å². The third-order valence-electron chi connectivity index (χ3n) is 7.08. The van der Waals surface area contributed by atoms with Crippen LogP contribution in [0.4, 0.5) is 10.6 Å². The molecule has 1 aliphatic heterocycles. The van der Waals surface area contributed by atoms with E-state index in [1.54, 1.807) is 66.7 Å². The molecule has 1 aromatic heterocycles. The van der Waals surface area contributed by atoms with Crippen LogP contribution >= 0.6 is 23.5 Å². The van der Waals surface area contributed by atoms with E-state index in [1.165, 1.54) is 36.5 Å². The molecular formula is C31H32N3O16P3. The number of phosphoric ester groups is 2. The second-order valence-corrected chi connectivity index (χ2v) is 15.6. The average Bonchev–Trinajstić information content (AvgIpc) is 3.51. The Bertz CT molecular complexity index is 2070. The molecule has 19 nitrogen and oxygen atoms in total. The minimum Gasteiger partial charge on any atom is -0.456 e. The molecule has 1 fully saturated rings. The normalized spacial score (nSPS) is 20.3. The van der Waals surface area contributed by atoms with Gasteiger partial charge >= 0.3 is 41.2 Å². The van der Waals surface area contributed by atoms with E-state index in [9.17, 15) is 42.8 Å². The Hall–Kier alpha value is -4.35. The summed E-state index contributed by atoms with van der Waals surface area (Å²) < 4.78 is 72.6. The summed E-state index contributed by atoms with van der Waals surface area (Å²) in [5, 5.41) is 2.33. The smallest absolute Gasteiger partial charge is 0.456 e. The lowest BCUT2D eigenvalue weighted by molar-refractivity contribution is -0.0511. The van der Waals surface area contributed by atoms with Gasteiger partial charge in [0.2, 0.25) is 0 Å². The van der Waals surface area contributed by atoms with Crippen molar-refractivity contribution in [2.45, 2.75) is 38.1 Å². The average molecular weight is 796 g/mol. The summed E-state index contributed by atoms with van der Waals surface area (Å²) in [6.07, 6.45) is -3.72. The summed E-state index contributed by atoms with van der Waals surface area (Å²) in [6, 6.07) is 25.8. The number of carbonyl (C=O) groups excluding carboxylic acids is 2. The molecule has 2 heterocycles. The standard InChI is InChI=1S/C31H32N3O16P3/c35-29(24-14-8-3-9-15-24)48-25-18-28(34-17-16-27(32-30(34)36)33-31(37)44-19-22-10-4-1-5-11-22)47-26(25)21-46-52(40,41)50-53(42,43)49-51(38,39)45-20-23-12-6-2-7-13-23/h1-17,25-26,28H,18-21H2,(H,38,39)(H,40,41)(H,42,43)(H,32,33,36,37)/t25-,26-,28-/m1/s1. The molecule has 4 aromatic rings. The first kappa shape index (κ1) is 39.8. The van der Waals surface area contributed by atoms with Crippen LogP contribution in [0.1, 0.15) is 34.1 Å². The summed E-state index contributed by atoms with van der Waals surface area (Å²) in [4.78, 5) is 71.9. The lowest BCUT2D eigenvalue weighted by Gasteiger charge is -2.21. The lowest BCUT2D eigenvalue weighted by Crippen LogP contribution is -2.31. The van der Waals surface area contributed by atoms with E-state index < -0.39 is 72.9 Å². The van der Waals surface area contributed by atoms with Crippen LogP contribution in [0.15, 0.2) is 108 Å². The van der Waals surface area contributed by atoms with Crippen LogP contribution in [0.25, 0.3) is 0 Å². The maximum absolute atomic E-state index is 13.0. The number of phosphoric acid groups is 3. The van der Waals surface area contributed by atoms with Crippen LogP contribution in [0.2, 0.25) is 0 Å². The minimum absolute atomic E-state index is 0.0354. The molecule has 1 saturated heterocycles. The second kappa shape index (κ2) is 17.6. The summed E-state index contributed by atoms with van der Waals surface area (Å²) in [5.74, 6) is -0.976. The maximum Gasteiger partial charge on any atom is 0.490 e. The number of nitrogens with zero attached hydrogens (tertiary/aromatic N) is 2. The van der Waals surface area contributed by atoms with Gasteiger partial charge in [0.25, 0.3) is 0 Å². The molecule has 282 valence electrons. The van der Waals surface area contributed by atoms with Gasteiger partial charge in [0, 0.05) is 12.6 Å². The quantitative estimate of drug-likeness (QED) is 0.0852. The number of hydrogen-bond donors (Lipinski definition) is 4. The molecule has 53 heavy (non-hydrogen) atoms. The van der Waals surface area contributed by atoms with Gasteiger partial charge in [0.15, 0.2) is 0 Å². The third-order valence-corrected chi connectivity index (χ3v) is 11.3. The van der Waals surface area contributed by atoms with Crippen molar-refractivity contribution in [2.75, 3.05) is 11.9 Å². The molecule has 22 heteroatoms. The minimum atomic E-state index is -5.79. The Balaban J connectivity index is 1.22. The maximum atomic E-state index is 13.0. The van der Waals surface area contributed by atoms with Gasteiger partial charge in [-0.15, -0.1) is 0 Å². The van der Waals surface area contributed by atoms with Crippen molar-refractivity contribution in [1.82, 2.24) is 9.55 Å². The van der Waals surface area contributed by atoms with Gasteiger partial charge in [-0.1, -0.05) is 78.9 Å². The Labute approximate surface area is 300 Å². The van der Waals surface area contributed by atoms with Gasteiger partial charge in [-0.2, -0.15) is 13.6 Å². The van der Waals surface area contributed by atoms with Crippen molar-refractivity contribution in [3.05, 3.63) is 130 Å². The largest absolute Gasteiger partial charge is 0.490 e. The monoisotopic (exact) mass is 795 g/mol. The molecule has 3 unspecified atom stereocenters. The van der Waals surface area contributed by atoms with Gasteiger partial charge in [-0.3, -0.25) is 18.9 Å². The number of hydrogen-bond acceptors (Lipinski definition) is 14. The Morgan fingerprint density at radius 3 is 1.96 bits per heavy atom. The van der Waals surface area contributed by atoms with Gasteiger partial charge in [0.1, 0.15) is 30.9 Å². The topological polar surface area (TPSA) is 258 Å². The van der Waals surface area contributed by atoms with Crippen molar-refractivity contribution >= 4 is 41.3 Å². The van der Waals surface area contributed by atoms with E-state index in [1.807, 2.05) is 0 Å². The fourth-order valence-corrected chi connectivity index (χ4v) is 8.21. The number of amides is 1. The Kier molecular flexibility index (Phi) is 13.3. The molecule has 3 aromatic carbocycles. The molecule has 1 amide bonds. The molecule has 0 spiro atoms. The van der Waals surface area contributed by atoms with Gasteiger partial charge in [-0.25, -0.2) is 28.1 Å². The van der Waals surface area contributed by atoms with Crippen molar-refractivity contribution < 1.29 is 69.8 Å². The summed E-state index contributed by atoms with van der Waals surface area (Å²) in [5.41, 5.74) is 0.357. The van der Waals surface area contributed by atoms with Crippen molar-refractivity contribution in [1.29, 1.82) is 0 Å². The predicted molar refractivity (Wildman–Crippen MR) is 182 cm³/mol. The fraction of sp³-hybridized carbons (Fsp3) is 0.226. The first-order valence-corrected chi connectivity index (χ1v) is 19.9. The molecule has 0 aliphatic carbocycles. The van der Waals surface area contributed by atoms with Crippen molar-refractivity contribution in [3.63, 3.8) is 0 Å². The third kappa shape index (κ3) is 12.4. The number of nitrogens with one attached hydrogen (secondary N) is 1. The lowest BCUT2D eigenvalue weighted by atomic mass is 10.1. The van der Waals surface area contributed by atoms with Gasteiger partial charge in [-0.05, 0) is 29.3 Å². The zero-order valence-electron chi connectivity index (χ0n) is 27.3. The molecule has 0 radical (unpaired) electrons. The molecule has 6 atom stereocenters. The van der Waals surface area contributed by atoms with E-state index in [0.717, 1.165) is 10.1 Å². The van der Waals surface area contributed by atoms with E-state index in [-0.39, 0.29) is 24.4 Å². The second-order valence-electron chi connectivity index (χ2n) is 11.0. The number of benzene rings is 3. The molecule has 0 bridgehead atoms. The zero-order valence-corrected chi connectivity index (χ0v) is 29.9. The molecule has 4 N–H and O–H groups in total. The molecule has 5 rings (SSSR count). The molecule has 1 aliphatic rings. The zero-order chi connectivity index (χ0) is 38.1. The van der Waals surface area contributed by atoms with Crippen LogP contribution in [0.5, 0.6) is 0 Å². The van der Waals surface area contributed by atoms with E-state index in [2.05, 4.69) is 23.4 Å². The van der Waals surface area contributed by atoms with Crippen LogP contribution in [-0.2, 0) is 58.8 Å². The number of anilines is 1. The first-order valence-electron chi connectivity index (χ1n) is 15.4. The summed E-state index contributed by atoms with van der Waals surface area (Å²) >= 11 is 0. The van der Waals surface area contributed by atoms with Crippen LogP contribution in [-0.4, -0.2) is 55.1 Å². The van der Waals surface area contributed by atoms with E-state index >= 15 is 0 Å². The summed E-state index contributed by atoms with van der Waals surface area (Å²) in [6.45, 7) is -1.50. The highest BCUT2D eigenvalue weighted by molar-refractivity contribution is 7.66. The highest BCUT2D eigenvalue weighted by Gasteiger charge is 2.45. The number of esters is 1. The van der Waals surface area contributed by atoms with Crippen LogP contribution < -0.4 is 11.0 Å². The number of ether oxygens (including phenoxy) is 3. The number of rotatable bonds is 16. The van der Waals surface area contributed by atoms with E-state index in [0.29, 0.717) is 5.56 Å². The summed E-state index contributed by atoms with van der Waals surface area (Å²) in [7, 11) is -16.7. The van der Waals surface area contributed by atoms with Crippen LogP contribution in [0.3, 0.4) is 0 Å². The van der Waals surface area contributed by atoms with Crippen molar-refractivity contribution in [2.24, 2.45) is 0 Å². The fourth-order valence-electron chi connectivity index (χ4n) is 4.71. The Morgan fingerprint density at radius 2 is 1.36 bits per heavy atom. The van der Waals surface area contributed by atoms with Gasteiger partial charge < -0.3 is 28.9 Å². The SMILES string of the molecule is O=C(Nc1ccn([C@H]2C[C@@H](OC(=O)c3ccccc3)[C@@H](COP(=O)(O)OP(=O)(O)OP(=O)(O)OCc3ccccc3)O2)c(=O)n1)OCc1ccccc1. The molecule has 0 saturated carbocycles.